The highest BCUT2D eigenvalue weighted by Gasteiger charge is 2.23. The van der Waals surface area contributed by atoms with Crippen LogP contribution in [-0.4, -0.2) is 34.8 Å². The summed E-state index contributed by atoms with van der Waals surface area (Å²) < 4.78 is 13.3. The average molecular weight is 354 g/mol. The van der Waals surface area contributed by atoms with Gasteiger partial charge in [0.1, 0.15) is 11.9 Å². The lowest BCUT2D eigenvalue weighted by atomic mass is 10.0. The molecular weight excluding hydrogens is 336 g/mol. The van der Waals surface area contributed by atoms with Crippen molar-refractivity contribution in [2.75, 3.05) is 13.7 Å². The van der Waals surface area contributed by atoms with Crippen LogP contribution in [0.4, 0.5) is 0 Å². The summed E-state index contributed by atoms with van der Waals surface area (Å²) >= 11 is 5.33. The molecule has 4 rings (SSSR count). The summed E-state index contributed by atoms with van der Waals surface area (Å²) in [7, 11) is 1.66. The minimum atomic E-state index is -0.0699. The van der Waals surface area contributed by atoms with E-state index in [2.05, 4.69) is 27.4 Å². The molecular formula is C18H18N4O2S. The number of nitrogens with one attached hydrogen (secondary N) is 1. The van der Waals surface area contributed by atoms with Gasteiger partial charge in [-0.3, -0.25) is 5.10 Å². The molecule has 0 bridgehead atoms. The molecule has 3 aromatic rings. The Kier molecular flexibility index (Phi) is 4.33. The molecule has 2 heterocycles. The summed E-state index contributed by atoms with van der Waals surface area (Å²) in [5.41, 5.74) is 0.905. The van der Waals surface area contributed by atoms with E-state index in [1.165, 1.54) is 0 Å². The number of hydrogen-bond acceptors (Lipinski definition) is 5. The van der Waals surface area contributed by atoms with E-state index in [1.54, 1.807) is 18.0 Å². The predicted octanol–water partition coefficient (Wildman–Crippen LogP) is 3.84. The van der Waals surface area contributed by atoms with Crippen LogP contribution >= 0.6 is 12.2 Å². The monoisotopic (exact) mass is 354 g/mol. The van der Waals surface area contributed by atoms with E-state index >= 15 is 0 Å². The van der Waals surface area contributed by atoms with Crippen molar-refractivity contribution in [2.24, 2.45) is 5.10 Å². The topological polar surface area (TPSA) is 64.4 Å². The number of fused-ring (bicyclic) bond motifs is 1. The standard InChI is InChI=1S/C18H18N4O2S/c1-23-15-9-8-12-5-2-3-6-13(12)14(15)11-19-22-17(20-21-18(22)25)16-7-4-10-24-16/h2-3,5-6,8-9,11,16H,4,7,10H2,1H3,(H,21,25)/t16-/m1/s1. The first-order valence-electron chi connectivity index (χ1n) is 8.17. The number of rotatable bonds is 4. The number of benzene rings is 2. The Bertz CT molecular complexity index is 986. The summed E-state index contributed by atoms with van der Waals surface area (Å²) in [6, 6.07) is 12.1. The van der Waals surface area contributed by atoms with E-state index in [4.69, 9.17) is 21.7 Å². The second-order valence-corrected chi connectivity index (χ2v) is 6.23. The smallest absolute Gasteiger partial charge is 0.216 e. The summed E-state index contributed by atoms with van der Waals surface area (Å²) in [5.74, 6) is 1.47. The number of H-pyrrole nitrogens is 1. The summed E-state index contributed by atoms with van der Waals surface area (Å²) in [4.78, 5) is 0. The zero-order chi connectivity index (χ0) is 17.2. The molecule has 2 aromatic carbocycles. The summed E-state index contributed by atoms with van der Waals surface area (Å²) in [6.07, 6.45) is 3.64. The second-order valence-electron chi connectivity index (χ2n) is 5.85. The number of aromatic nitrogens is 3. The third kappa shape index (κ3) is 2.96. The van der Waals surface area contributed by atoms with Gasteiger partial charge in [-0.25, -0.2) is 0 Å². The van der Waals surface area contributed by atoms with Crippen LogP contribution in [0.25, 0.3) is 10.8 Å². The molecule has 0 unspecified atom stereocenters. The zero-order valence-corrected chi connectivity index (χ0v) is 14.6. The zero-order valence-electron chi connectivity index (χ0n) is 13.8. The first-order valence-corrected chi connectivity index (χ1v) is 8.58. The SMILES string of the molecule is COc1ccc2ccccc2c1C=Nn1c([C@H]2CCCO2)n[nH]c1=S. The number of nitrogens with zero attached hydrogens (tertiary/aromatic N) is 3. The fourth-order valence-corrected chi connectivity index (χ4v) is 3.29. The first kappa shape index (κ1) is 16.0. The molecule has 1 aliphatic heterocycles. The third-order valence-corrected chi connectivity index (χ3v) is 4.61. The van der Waals surface area contributed by atoms with Crippen LogP contribution in [0.2, 0.25) is 0 Å². The highest BCUT2D eigenvalue weighted by Crippen LogP contribution is 2.28. The number of aromatic amines is 1. The van der Waals surface area contributed by atoms with Gasteiger partial charge in [0.25, 0.3) is 0 Å². The minimum absolute atomic E-state index is 0.0699. The van der Waals surface area contributed by atoms with Gasteiger partial charge in [-0.05, 0) is 41.9 Å². The van der Waals surface area contributed by atoms with Crippen molar-refractivity contribution in [2.45, 2.75) is 18.9 Å². The minimum Gasteiger partial charge on any atom is -0.496 e. The average Bonchev–Trinajstić information content (AvgIpc) is 3.29. The molecule has 1 aliphatic rings. The van der Waals surface area contributed by atoms with Crippen molar-refractivity contribution in [1.82, 2.24) is 14.9 Å². The predicted molar refractivity (Wildman–Crippen MR) is 98.8 cm³/mol. The van der Waals surface area contributed by atoms with Gasteiger partial charge in [0.15, 0.2) is 5.82 Å². The van der Waals surface area contributed by atoms with Crippen molar-refractivity contribution < 1.29 is 9.47 Å². The number of methoxy groups -OCH3 is 1. The lowest BCUT2D eigenvalue weighted by Gasteiger charge is -2.10. The molecule has 25 heavy (non-hydrogen) atoms. The van der Waals surface area contributed by atoms with Gasteiger partial charge in [-0.2, -0.15) is 14.9 Å². The summed E-state index contributed by atoms with van der Waals surface area (Å²) in [6.45, 7) is 0.741. The quantitative estimate of drug-likeness (QED) is 0.571. The molecule has 1 N–H and O–H groups in total. The van der Waals surface area contributed by atoms with Crippen LogP contribution < -0.4 is 4.74 Å². The van der Waals surface area contributed by atoms with Crippen LogP contribution in [0.5, 0.6) is 5.75 Å². The van der Waals surface area contributed by atoms with Gasteiger partial charge in [-0.15, -0.1) is 0 Å². The van der Waals surface area contributed by atoms with Crippen LogP contribution in [0.3, 0.4) is 0 Å². The molecule has 6 nitrogen and oxygen atoms in total. The Morgan fingerprint density at radius 3 is 3.04 bits per heavy atom. The third-order valence-electron chi connectivity index (χ3n) is 4.35. The maximum Gasteiger partial charge on any atom is 0.216 e. The molecule has 128 valence electrons. The van der Waals surface area contributed by atoms with E-state index < -0.39 is 0 Å². The molecule has 0 amide bonds. The van der Waals surface area contributed by atoms with Gasteiger partial charge >= 0.3 is 0 Å². The Morgan fingerprint density at radius 1 is 1.36 bits per heavy atom. The Morgan fingerprint density at radius 2 is 2.24 bits per heavy atom. The van der Waals surface area contributed by atoms with E-state index in [1.807, 2.05) is 24.3 Å². The Balaban J connectivity index is 1.79. The van der Waals surface area contributed by atoms with Crippen molar-refractivity contribution in [3.05, 3.63) is 52.6 Å². The van der Waals surface area contributed by atoms with Crippen LogP contribution in [0, 0.1) is 4.77 Å². The van der Waals surface area contributed by atoms with E-state index in [9.17, 15) is 0 Å². The van der Waals surface area contributed by atoms with Gasteiger partial charge < -0.3 is 9.47 Å². The van der Waals surface area contributed by atoms with Crippen LogP contribution in [-0.2, 0) is 4.74 Å². The lowest BCUT2D eigenvalue weighted by molar-refractivity contribution is 0.102. The molecule has 0 saturated carbocycles. The normalized spacial score (nSPS) is 17.6. The number of hydrogen-bond donors (Lipinski definition) is 1. The summed E-state index contributed by atoms with van der Waals surface area (Å²) in [5, 5.41) is 13.9. The van der Waals surface area contributed by atoms with Crippen molar-refractivity contribution in [3.8, 4) is 5.75 Å². The Labute approximate surface area is 150 Å². The molecule has 0 aliphatic carbocycles. The lowest BCUT2D eigenvalue weighted by Crippen LogP contribution is -2.05. The second kappa shape index (κ2) is 6.78. The molecule has 7 heteroatoms. The first-order chi connectivity index (χ1) is 12.3. The van der Waals surface area contributed by atoms with Crippen molar-refractivity contribution in [1.29, 1.82) is 0 Å². The maximum atomic E-state index is 5.71. The highest BCUT2D eigenvalue weighted by atomic mass is 32.1. The van der Waals surface area contributed by atoms with Crippen molar-refractivity contribution >= 4 is 29.2 Å². The Hall–Kier alpha value is -2.51. The largest absolute Gasteiger partial charge is 0.496 e. The van der Waals surface area contributed by atoms with Gasteiger partial charge in [0.2, 0.25) is 4.77 Å². The maximum absolute atomic E-state index is 5.71. The fourth-order valence-electron chi connectivity index (χ4n) is 3.11. The molecule has 1 aromatic heterocycles. The molecule has 1 saturated heterocycles. The fraction of sp³-hybridized carbons (Fsp3) is 0.278. The number of ether oxygens (including phenoxy) is 2. The molecule has 0 radical (unpaired) electrons. The molecule has 0 spiro atoms. The van der Waals surface area contributed by atoms with E-state index in [0.29, 0.717) is 10.6 Å². The van der Waals surface area contributed by atoms with Gasteiger partial charge in [0.05, 0.1) is 13.3 Å². The highest BCUT2D eigenvalue weighted by molar-refractivity contribution is 7.71. The van der Waals surface area contributed by atoms with Gasteiger partial charge in [0, 0.05) is 12.2 Å². The molecule has 1 fully saturated rings. The van der Waals surface area contributed by atoms with E-state index in [-0.39, 0.29) is 6.10 Å². The van der Waals surface area contributed by atoms with Crippen molar-refractivity contribution in [3.63, 3.8) is 0 Å². The molecule has 1 atom stereocenters. The van der Waals surface area contributed by atoms with Gasteiger partial charge in [-0.1, -0.05) is 30.3 Å². The van der Waals surface area contributed by atoms with Crippen LogP contribution in [0.1, 0.15) is 30.3 Å². The van der Waals surface area contributed by atoms with E-state index in [0.717, 1.165) is 41.5 Å². The van der Waals surface area contributed by atoms with Crippen LogP contribution in [0.15, 0.2) is 41.5 Å².